The van der Waals surface area contributed by atoms with Crippen LogP contribution in [0.5, 0.6) is 0 Å². The van der Waals surface area contributed by atoms with Gasteiger partial charge in [0.2, 0.25) is 0 Å². The zero-order valence-corrected chi connectivity index (χ0v) is 14.2. The molecule has 3 nitrogen and oxygen atoms in total. The second kappa shape index (κ2) is 7.08. The number of nitrogens with zero attached hydrogens (tertiary/aromatic N) is 1. The van der Waals surface area contributed by atoms with Crippen LogP contribution >= 0.6 is 0 Å². The van der Waals surface area contributed by atoms with Crippen LogP contribution in [0.15, 0.2) is 24.3 Å². The molecule has 0 saturated carbocycles. The second-order valence-corrected chi connectivity index (χ2v) is 7.02. The van der Waals surface area contributed by atoms with Gasteiger partial charge in [0, 0.05) is 18.6 Å². The van der Waals surface area contributed by atoms with Gasteiger partial charge in [-0.15, -0.1) is 0 Å². The SMILES string of the molecule is CC(C)N(CCC(=O)O)C(C)c1ccc(C(C)(C)C)cc1. The summed E-state index contributed by atoms with van der Waals surface area (Å²) in [4.78, 5) is 13.1. The Labute approximate surface area is 129 Å². The maximum absolute atomic E-state index is 10.8. The van der Waals surface area contributed by atoms with Crippen LogP contribution in [-0.4, -0.2) is 28.6 Å². The van der Waals surface area contributed by atoms with Crippen molar-refractivity contribution < 1.29 is 9.90 Å². The Morgan fingerprint density at radius 1 is 1.14 bits per heavy atom. The number of benzene rings is 1. The van der Waals surface area contributed by atoms with Crippen molar-refractivity contribution in [3.63, 3.8) is 0 Å². The van der Waals surface area contributed by atoms with Gasteiger partial charge in [0.05, 0.1) is 6.42 Å². The van der Waals surface area contributed by atoms with Gasteiger partial charge in [-0.05, 0) is 37.3 Å². The van der Waals surface area contributed by atoms with E-state index in [0.29, 0.717) is 12.6 Å². The van der Waals surface area contributed by atoms with Crippen molar-refractivity contribution in [3.8, 4) is 0 Å². The fourth-order valence-corrected chi connectivity index (χ4v) is 2.58. The van der Waals surface area contributed by atoms with Gasteiger partial charge in [0.25, 0.3) is 0 Å². The summed E-state index contributed by atoms with van der Waals surface area (Å²) in [5.74, 6) is -0.740. The highest BCUT2D eigenvalue weighted by Crippen LogP contribution is 2.27. The van der Waals surface area contributed by atoms with E-state index in [0.717, 1.165) is 0 Å². The van der Waals surface area contributed by atoms with Gasteiger partial charge in [-0.25, -0.2) is 0 Å². The van der Waals surface area contributed by atoms with E-state index in [-0.39, 0.29) is 17.9 Å². The number of aliphatic carboxylic acids is 1. The largest absolute Gasteiger partial charge is 0.481 e. The standard InChI is InChI=1S/C18H29NO2/c1-13(2)19(12-11-17(20)21)14(3)15-7-9-16(10-8-15)18(4,5)6/h7-10,13-14H,11-12H2,1-6H3,(H,20,21). The van der Waals surface area contributed by atoms with Crippen molar-refractivity contribution in [1.82, 2.24) is 4.90 Å². The van der Waals surface area contributed by atoms with Crippen LogP contribution in [-0.2, 0) is 10.2 Å². The monoisotopic (exact) mass is 291 g/mol. The number of rotatable bonds is 6. The highest BCUT2D eigenvalue weighted by Gasteiger charge is 2.20. The van der Waals surface area contributed by atoms with Crippen LogP contribution in [0.4, 0.5) is 0 Å². The van der Waals surface area contributed by atoms with Gasteiger partial charge in [-0.3, -0.25) is 9.69 Å². The smallest absolute Gasteiger partial charge is 0.304 e. The quantitative estimate of drug-likeness (QED) is 0.852. The number of carbonyl (C=O) groups is 1. The van der Waals surface area contributed by atoms with Crippen LogP contribution < -0.4 is 0 Å². The molecule has 1 aromatic carbocycles. The van der Waals surface area contributed by atoms with Crippen molar-refractivity contribution in [1.29, 1.82) is 0 Å². The third-order valence-electron chi connectivity index (χ3n) is 4.00. The molecule has 0 amide bonds. The Morgan fingerprint density at radius 2 is 1.67 bits per heavy atom. The van der Waals surface area contributed by atoms with Gasteiger partial charge < -0.3 is 5.11 Å². The third-order valence-corrected chi connectivity index (χ3v) is 4.00. The van der Waals surface area contributed by atoms with Gasteiger partial charge in [-0.1, -0.05) is 45.0 Å². The van der Waals surface area contributed by atoms with E-state index in [4.69, 9.17) is 5.11 Å². The molecule has 0 aromatic heterocycles. The average Bonchev–Trinajstić information content (AvgIpc) is 2.37. The molecule has 1 aromatic rings. The molecule has 21 heavy (non-hydrogen) atoms. The Morgan fingerprint density at radius 3 is 2.05 bits per heavy atom. The third kappa shape index (κ3) is 5.16. The first-order valence-electron chi connectivity index (χ1n) is 7.71. The highest BCUT2D eigenvalue weighted by molar-refractivity contribution is 5.66. The van der Waals surface area contributed by atoms with Crippen LogP contribution in [0.3, 0.4) is 0 Å². The van der Waals surface area contributed by atoms with Gasteiger partial charge >= 0.3 is 5.97 Å². The second-order valence-electron chi connectivity index (χ2n) is 7.02. The molecule has 0 bridgehead atoms. The first-order valence-corrected chi connectivity index (χ1v) is 7.71. The lowest BCUT2D eigenvalue weighted by atomic mass is 9.86. The van der Waals surface area contributed by atoms with Gasteiger partial charge in [-0.2, -0.15) is 0 Å². The van der Waals surface area contributed by atoms with Crippen LogP contribution in [0, 0.1) is 0 Å². The highest BCUT2D eigenvalue weighted by atomic mass is 16.4. The predicted molar refractivity (Wildman–Crippen MR) is 87.7 cm³/mol. The van der Waals surface area contributed by atoms with E-state index in [1.54, 1.807) is 0 Å². The van der Waals surface area contributed by atoms with Crippen LogP contribution in [0.2, 0.25) is 0 Å². The van der Waals surface area contributed by atoms with Gasteiger partial charge in [0.15, 0.2) is 0 Å². The molecular formula is C18H29NO2. The summed E-state index contributed by atoms with van der Waals surface area (Å²) in [6.45, 7) is 13.6. The lowest BCUT2D eigenvalue weighted by molar-refractivity contribution is -0.137. The molecule has 3 heteroatoms. The first kappa shape index (κ1) is 17.7. The average molecular weight is 291 g/mol. The number of carboxylic acid groups (broad SMARTS) is 1. The van der Waals surface area contributed by atoms with Crippen molar-refractivity contribution in [3.05, 3.63) is 35.4 Å². The normalized spacial score (nSPS) is 13.7. The Hall–Kier alpha value is -1.35. The maximum atomic E-state index is 10.8. The van der Waals surface area contributed by atoms with E-state index in [9.17, 15) is 4.79 Å². The molecule has 0 heterocycles. The van der Waals surface area contributed by atoms with E-state index >= 15 is 0 Å². The van der Waals surface area contributed by atoms with Gasteiger partial charge in [0.1, 0.15) is 0 Å². The summed E-state index contributed by atoms with van der Waals surface area (Å²) >= 11 is 0. The van der Waals surface area contributed by atoms with Crippen molar-refractivity contribution in [2.24, 2.45) is 0 Å². The molecule has 0 radical (unpaired) electrons. The molecule has 1 rings (SSSR count). The molecule has 0 saturated heterocycles. The van der Waals surface area contributed by atoms with E-state index < -0.39 is 5.97 Å². The molecule has 1 atom stereocenters. The summed E-state index contributed by atoms with van der Waals surface area (Å²) in [6.07, 6.45) is 0.183. The summed E-state index contributed by atoms with van der Waals surface area (Å²) < 4.78 is 0. The molecule has 1 unspecified atom stereocenters. The Kier molecular flexibility index (Phi) is 5.97. The topological polar surface area (TPSA) is 40.5 Å². The van der Waals surface area contributed by atoms with E-state index in [2.05, 4.69) is 70.7 Å². The molecule has 0 spiro atoms. The van der Waals surface area contributed by atoms with E-state index in [1.165, 1.54) is 11.1 Å². The van der Waals surface area contributed by atoms with E-state index in [1.807, 2.05) is 0 Å². The fraction of sp³-hybridized carbons (Fsp3) is 0.611. The predicted octanol–water partition coefficient (Wildman–Crippen LogP) is 4.23. The molecule has 0 aliphatic rings. The fourth-order valence-electron chi connectivity index (χ4n) is 2.58. The Bertz CT molecular complexity index is 457. The minimum absolute atomic E-state index is 0.156. The maximum Gasteiger partial charge on any atom is 0.304 e. The minimum atomic E-state index is -0.740. The number of carboxylic acids is 1. The molecular weight excluding hydrogens is 262 g/mol. The zero-order chi connectivity index (χ0) is 16.2. The molecule has 0 aliphatic carbocycles. The summed E-state index contributed by atoms with van der Waals surface area (Å²) in [5.41, 5.74) is 2.71. The lowest BCUT2D eigenvalue weighted by Gasteiger charge is -2.33. The zero-order valence-electron chi connectivity index (χ0n) is 14.2. The van der Waals surface area contributed by atoms with Crippen LogP contribution in [0.25, 0.3) is 0 Å². The Balaban J connectivity index is 2.88. The number of hydrogen-bond acceptors (Lipinski definition) is 2. The van der Waals surface area contributed by atoms with Crippen molar-refractivity contribution in [2.75, 3.05) is 6.54 Å². The first-order chi connectivity index (χ1) is 9.62. The van der Waals surface area contributed by atoms with Crippen molar-refractivity contribution >= 4 is 5.97 Å². The summed E-state index contributed by atoms with van der Waals surface area (Å²) in [5, 5.41) is 8.90. The lowest BCUT2D eigenvalue weighted by Crippen LogP contribution is -2.35. The molecule has 0 fully saturated rings. The molecule has 0 aliphatic heterocycles. The van der Waals surface area contributed by atoms with Crippen molar-refractivity contribution in [2.45, 2.75) is 65.5 Å². The molecule has 1 N–H and O–H groups in total. The number of hydrogen-bond donors (Lipinski definition) is 1. The molecule has 118 valence electrons. The summed E-state index contributed by atoms with van der Waals surface area (Å²) in [7, 11) is 0. The van der Waals surface area contributed by atoms with Crippen LogP contribution in [0.1, 0.15) is 65.1 Å². The minimum Gasteiger partial charge on any atom is -0.481 e. The summed E-state index contributed by atoms with van der Waals surface area (Å²) in [6, 6.07) is 9.24.